The molecule has 0 saturated carbocycles. The van der Waals surface area contributed by atoms with Crippen LogP contribution < -0.4 is 51.4 Å². The van der Waals surface area contributed by atoms with E-state index in [9.17, 15) is 12.9 Å². The summed E-state index contributed by atoms with van der Waals surface area (Å²) in [7, 11) is 1.75. The molecular formula is C8H13BF3KN4. The molecule has 1 aromatic rings. The van der Waals surface area contributed by atoms with Crippen molar-refractivity contribution in [1.82, 2.24) is 19.7 Å². The van der Waals surface area contributed by atoms with E-state index >= 15 is 0 Å². The van der Waals surface area contributed by atoms with Crippen LogP contribution in [-0.4, -0.2) is 39.6 Å². The van der Waals surface area contributed by atoms with Gasteiger partial charge in [-0.1, -0.05) is 0 Å². The monoisotopic (exact) mass is 272 g/mol. The summed E-state index contributed by atoms with van der Waals surface area (Å²) in [4.78, 5) is 1.45. The van der Waals surface area contributed by atoms with Crippen LogP contribution in [0.4, 0.5) is 12.9 Å². The fraction of sp³-hybridized carbons (Fsp3) is 0.750. The fourth-order valence-corrected chi connectivity index (χ4v) is 2.20. The van der Waals surface area contributed by atoms with Crippen LogP contribution in [0, 0.1) is 0 Å². The molecule has 0 spiro atoms. The fourth-order valence-electron chi connectivity index (χ4n) is 2.20. The van der Waals surface area contributed by atoms with Crippen molar-refractivity contribution in [2.45, 2.75) is 18.9 Å². The Bertz CT molecular complexity index is 370. The molecule has 1 saturated heterocycles. The van der Waals surface area contributed by atoms with E-state index in [0.717, 1.165) is 12.8 Å². The summed E-state index contributed by atoms with van der Waals surface area (Å²) in [6.07, 6.45) is 2.21. The number of hydrogen-bond acceptors (Lipinski definition) is 3. The SMILES string of the molecule is Cn1cnnc1C1CCCN1C[B-](F)(F)F.[K+]. The number of halogens is 3. The van der Waals surface area contributed by atoms with Crippen LogP contribution in [0.1, 0.15) is 24.7 Å². The Labute approximate surface area is 140 Å². The molecule has 0 radical (unpaired) electrons. The quantitative estimate of drug-likeness (QED) is 0.618. The minimum Gasteiger partial charge on any atom is -0.448 e. The van der Waals surface area contributed by atoms with Gasteiger partial charge in [0.2, 0.25) is 0 Å². The van der Waals surface area contributed by atoms with E-state index < -0.39 is 13.4 Å². The van der Waals surface area contributed by atoms with E-state index in [-0.39, 0.29) is 57.4 Å². The number of rotatable bonds is 3. The molecule has 9 heteroatoms. The molecule has 0 N–H and O–H groups in total. The first-order chi connectivity index (χ1) is 7.47. The maximum Gasteiger partial charge on any atom is 1.00 e. The second-order valence-electron chi connectivity index (χ2n) is 4.16. The average molecular weight is 272 g/mol. The number of aryl methyl sites for hydroxylation is 1. The second kappa shape index (κ2) is 6.16. The molecule has 1 fully saturated rings. The summed E-state index contributed by atoms with van der Waals surface area (Å²) >= 11 is 0. The van der Waals surface area contributed by atoms with E-state index in [2.05, 4.69) is 10.2 Å². The molecule has 1 aliphatic heterocycles. The van der Waals surface area contributed by atoms with Crippen molar-refractivity contribution < 1.29 is 64.3 Å². The topological polar surface area (TPSA) is 34.0 Å². The zero-order valence-corrected chi connectivity index (χ0v) is 13.1. The molecule has 0 bridgehead atoms. The van der Waals surface area contributed by atoms with Gasteiger partial charge in [0.05, 0.1) is 6.04 Å². The third-order valence-electron chi connectivity index (χ3n) is 2.85. The van der Waals surface area contributed by atoms with E-state index in [4.69, 9.17) is 0 Å². The Morgan fingerprint density at radius 1 is 1.47 bits per heavy atom. The van der Waals surface area contributed by atoms with Crippen molar-refractivity contribution in [2.75, 3.05) is 13.0 Å². The molecule has 0 aliphatic carbocycles. The molecule has 1 aromatic heterocycles. The molecule has 2 rings (SSSR count). The number of likely N-dealkylation sites (tertiary alicyclic amines) is 1. The molecule has 17 heavy (non-hydrogen) atoms. The average Bonchev–Trinajstić information content (AvgIpc) is 2.71. The molecule has 90 valence electrons. The van der Waals surface area contributed by atoms with Crippen molar-refractivity contribution in [3.63, 3.8) is 0 Å². The minimum absolute atomic E-state index is 0. The summed E-state index contributed by atoms with van der Waals surface area (Å²) in [5.74, 6) is 0.623. The maximum absolute atomic E-state index is 12.4. The largest absolute Gasteiger partial charge is 1.00 e. The van der Waals surface area contributed by atoms with Crippen molar-refractivity contribution in [1.29, 1.82) is 0 Å². The van der Waals surface area contributed by atoms with Crippen molar-refractivity contribution >= 4 is 6.98 Å². The van der Waals surface area contributed by atoms with Crippen LogP contribution in [0.15, 0.2) is 6.33 Å². The van der Waals surface area contributed by atoms with Gasteiger partial charge in [-0.25, -0.2) is 0 Å². The van der Waals surface area contributed by atoms with Crippen LogP contribution in [0.5, 0.6) is 0 Å². The maximum atomic E-state index is 12.4. The summed E-state index contributed by atoms with van der Waals surface area (Å²) < 4.78 is 38.9. The van der Waals surface area contributed by atoms with Gasteiger partial charge in [-0.15, -0.1) is 10.2 Å². The smallest absolute Gasteiger partial charge is 0.448 e. The van der Waals surface area contributed by atoms with Crippen molar-refractivity contribution in [2.24, 2.45) is 7.05 Å². The molecule has 0 aromatic carbocycles. The zero-order valence-electron chi connectivity index (χ0n) is 9.98. The molecule has 1 unspecified atom stereocenters. The van der Waals surface area contributed by atoms with Gasteiger partial charge in [-0.05, 0) is 25.8 Å². The predicted octanol–water partition coefficient (Wildman–Crippen LogP) is -1.66. The van der Waals surface area contributed by atoms with Gasteiger partial charge in [0.1, 0.15) is 12.2 Å². The van der Waals surface area contributed by atoms with Crippen LogP contribution >= 0.6 is 0 Å². The van der Waals surface area contributed by atoms with Crippen LogP contribution in [-0.2, 0) is 7.05 Å². The summed E-state index contributed by atoms with van der Waals surface area (Å²) in [5.41, 5.74) is 0. The third-order valence-corrected chi connectivity index (χ3v) is 2.85. The van der Waals surface area contributed by atoms with Crippen molar-refractivity contribution in [3.8, 4) is 0 Å². The Morgan fingerprint density at radius 2 is 2.18 bits per heavy atom. The summed E-state index contributed by atoms with van der Waals surface area (Å²) in [6, 6.07) is -0.240. The first-order valence-corrected chi connectivity index (χ1v) is 5.26. The predicted molar refractivity (Wildman–Crippen MR) is 53.6 cm³/mol. The standard InChI is InChI=1S/C8H13BF3N4.K/c1-15-6-13-14-8(15)7-3-2-4-16(7)5-9(10,11)12;/h6-7H,2-5H2,1H3;/q-1;+1. The number of nitrogens with zero attached hydrogens (tertiary/aromatic N) is 4. The summed E-state index contributed by atoms with van der Waals surface area (Å²) in [6.45, 7) is -4.28. The molecule has 0 amide bonds. The normalized spacial score (nSPS) is 21.5. The minimum atomic E-state index is -4.77. The second-order valence-corrected chi connectivity index (χ2v) is 4.16. The Balaban J connectivity index is 0.00000144. The van der Waals surface area contributed by atoms with Gasteiger partial charge >= 0.3 is 58.4 Å². The van der Waals surface area contributed by atoms with E-state index in [0.29, 0.717) is 12.4 Å². The Hall–Kier alpha value is 0.591. The van der Waals surface area contributed by atoms with Gasteiger partial charge in [0, 0.05) is 7.05 Å². The first kappa shape index (κ1) is 15.6. The zero-order chi connectivity index (χ0) is 11.8. The van der Waals surface area contributed by atoms with Gasteiger partial charge in [0.25, 0.3) is 0 Å². The molecule has 1 atom stereocenters. The van der Waals surface area contributed by atoms with Crippen molar-refractivity contribution in [3.05, 3.63) is 12.2 Å². The first-order valence-electron chi connectivity index (χ1n) is 5.26. The van der Waals surface area contributed by atoms with E-state index in [1.807, 2.05) is 0 Å². The number of aromatic nitrogens is 3. The Kier molecular flexibility index (Phi) is 5.67. The van der Waals surface area contributed by atoms with Gasteiger partial charge < -0.3 is 22.4 Å². The van der Waals surface area contributed by atoms with E-state index in [1.54, 1.807) is 11.6 Å². The van der Waals surface area contributed by atoms with Crippen LogP contribution in [0.3, 0.4) is 0 Å². The third kappa shape index (κ3) is 4.03. The van der Waals surface area contributed by atoms with Crippen LogP contribution in [0.2, 0.25) is 0 Å². The molecule has 1 aliphatic rings. The number of hydrogen-bond donors (Lipinski definition) is 0. The van der Waals surface area contributed by atoms with E-state index in [1.165, 1.54) is 11.2 Å². The van der Waals surface area contributed by atoms with Gasteiger partial charge in [-0.3, -0.25) is 0 Å². The molecular weight excluding hydrogens is 259 g/mol. The van der Waals surface area contributed by atoms with Gasteiger partial charge in [-0.2, -0.15) is 0 Å². The molecule has 2 heterocycles. The van der Waals surface area contributed by atoms with Gasteiger partial charge in [0.15, 0.2) is 0 Å². The molecule has 4 nitrogen and oxygen atoms in total. The Morgan fingerprint density at radius 3 is 2.71 bits per heavy atom. The van der Waals surface area contributed by atoms with Crippen LogP contribution in [0.25, 0.3) is 0 Å². The summed E-state index contributed by atoms with van der Waals surface area (Å²) in [5, 5.41) is 7.60.